The number of halogens is 1. The number of rotatable bonds is 6. The number of nitrogens with zero attached hydrogens (tertiary/aromatic N) is 1. The van der Waals surface area contributed by atoms with Crippen molar-refractivity contribution in [3.8, 4) is 5.75 Å². The van der Waals surface area contributed by atoms with Crippen molar-refractivity contribution >= 4 is 15.9 Å². The summed E-state index contributed by atoms with van der Waals surface area (Å²) in [5.41, 5.74) is 0.503. The second kappa shape index (κ2) is 7.39. The zero-order chi connectivity index (χ0) is 17.9. The first-order chi connectivity index (χ1) is 12.0. The van der Waals surface area contributed by atoms with E-state index in [1.165, 1.54) is 0 Å². The largest absolute Gasteiger partial charge is 0.507 e. The zero-order valence-corrected chi connectivity index (χ0v) is 15.4. The van der Waals surface area contributed by atoms with Gasteiger partial charge in [-0.2, -0.15) is 0 Å². The number of aromatic nitrogens is 2. The highest BCUT2D eigenvalue weighted by molar-refractivity contribution is 9.10. The van der Waals surface area contributed by atoms with Crippen LogP contribution in [0.15, 0.2) is 65.5 Å². The Balaban J connectivity index is 1.97. The van der Waals surface area contributed by atoms with E-state index in [9.17, 15) is 10.2 Å². The van der Waals surface area contributed by atoms with Crippen LogP contribution in [-0.2, 0) is 12.1 Å². The summed E-state index contributed by atoms with van der Waals surface area (Å²) in [6, 6.07) is 14.3. The van der Waals surface area contributed by atoms with Crippen molar-refractivity contribution in [3.63, 3.8) is 0 Å². The minimum atomic E-state index is -1.52. The molecule has 0 spiro atoms. The fourth-order valence-electron chi connectivity index (χ4n) is 2.94. The molecule has 3 aromatic rings. The molecule has 1 heterocycles. The molecule has 25 heavy (non-hydrogen) atoms. The lowest BCUT2D eigenvalue weighted by Gasteiger charge is -2.34. The molecular formula is C19H20BrN3O2. The third-order valence-corrected chi connectivity index (χ3v) is 4.57. The Kier molecular flexibility index (Phi) is 5.22. The van der Waals surface area contributed by atoms with Crippen molar-refractivity contribution in [2.45, 2.75) is 25.1 Å². The molecule has 6 heteroatoms. The number of H-pyrrole nitrogens is 1. The van der Waals surface area contributed by atoms with Gasteiger partial charge in [0.25, 0.3) is 0 Å². The highest BCUT2D eigenvalue weighted by atomic mass is 79.9. The molecule has 2 atom stereocenters. The van der Waals surface area contributed by atoms with Crippen LogP contribution in [0.5, 0.6) is 5.75 Å². The number of aliphatic hydroxyl groups is 1. The highest BCUT2D eigenvalue weighted by Gasteiger charge is 2.35. The van der Waals surface area contributed by atoms with Crippen molar-refractivity contribution in [1.29, 1.82) is 0 Å². The minimum Gasteiger partial charge on any atom is -0.507 e. The molecule has 0 bridgehead atoms. The quantitative estimate of drug-likeness (QED) is 0.477. The van der Waals surface area contributed by atoms with E-state index in [0.29, 0.717) is 17.5 Å². The van der Waals surface area contributed by atoms with Gasteiger partial charge in [-0.05, 0) is 25.1 Å². The smallest absolute Gasteiger partial charge is 0.172 e. The van der Waals surface area contributed by atoms with Gasteiger partial charge < -0.3 is 15.2 Å². The van der Waals surface area contributed by atoms with Gasteiger partial charge in [0.15, 0.2) is 5.72 Å². The maximum Gasteiger partial charge on any atom is 0.172 e. The van der Waals surface area contributed by atoms with Crippen LogP contribution in [0.2, 0.25) is 0 Å². The molecule has 0 aliphatic heterocycles. The lowest BCUT2D eigenvalue weighted by molar-refractivity contribution is 0.0299. The summed E-state index contributed by atoms with van der Waals surface area (Å²) >= 11 is 3.34. The van der Waals surface area contributed by atoms with Crippen molar-refractivity contribution in [3.05, 3.63) is 82.3 Å². The Hall–Kier alpha value is -2.15. The van der Waals surface area contributed by atoms with E-state index in [4.69, 9.17) is 0 Å². The average Bonchev–Trinajstić information content (AvgIpc) is 3.08. The van der Waals surface area contributed by atoms with E-state index in [1.54, 1.807) is 30.7 Å². The molecule has 130 valence electrons. The maximum absolute atomic E-state index is 11.5. The molecule has 3 rings (SSSR count). The number of aromatic hydroxyl groups is 1. The number of imidazole rings is 1. The van der Waals surface area contributed by atoms with Crippen LogP contribution >= 0.6 is 15.9 Å². The second-order valence-electron chi connectivity index (χ2n) is 6.06. The fourth-order valence-corrected chi connectivity index (χ4v) is 3.29. The molecule has 4 N–H and O–H groups in total. The second-order valence-corrected chi connectivity index (χ2v) is 6.98. The summed E-state index contributed by atoms with van der Waals surface area (Å²) in [6.07, 6.45) is 4.05. The molecule has 5 nitrogen and oxygen atoms in total. The summed E-state index contributed by atoms with van der Waals surface area (Å²) in [7, 11) is 0. The molecular weight excluding hydrogens is 382 g/mol. The molecule has 2 aromatic carbocycles. The lowest BCUT2D eigenvalue weighted by atomic mass is 9.92. The average molecular weight is 402 g/mol. The molecule has 1 unspecified atom stereocenters. The van der Waals surface area contributed by atoms with Gasteiger partial charge in [0.1, 0.15) is 5.75 Å². The van der Waals surface area contributed by atoms with Crippen LogP contribution in [0, 0.1) is 0 Å². The van der Waals surface area contributed by atoms with Gasteiger partial charge in [0, 0.05) is 40.0 Å². The van der Waals surface area contributed by atoms with Crippen LogP contribution in [0.25, 0.3) is 0 Å². The van der Waals surface area contributed by atoms with E-state index in [2.05, 4.69) is 31.2 Å². The van der Waals surface area contributed by atoms with E-state index in [0.717, 1.165) is 10.2 Å². The number of benzene rings is 2. The van der Waals surface area contributed by atoms with Crippen molar-refractivity contribution in [1.82, 2.24) is 15.3 Å². The van der Waals surface area contributed by atoms with Gasteiger partial charge in [-0.3, -0.25) is 5.32 Å². The molecule has 0 saturated heterocycles. The number of phenols is 1. The highest BCUT2D eigenvalue weighted by Crippen LogP contribution is 2.35. The number of hydrogen-bond acceptors (Lipinski definition) is 4. The van der Waals surface area contributed by atoms with Gasteiger partial charge >= 0.3 is 0 Å². The molecule has 0 saturated carbocycles. The number of aromatic amines is 1. The lowest BCUT2D eigenvalue weighted by Crippen LogP contribution is -2.48. The normalized spacial score (nSPS) is 14.8. The van der Waals surface area contributed by atoms with E-state index >= 15 is 0 Å². The summed E-state index contributed by atoms with van der Waals surface area (Å²) in [5.74, 6) is 0.0157. The van der Waals surface area contributed by atoms with E-state index < -0.39 is 5.72 Å². The predicted octanol–water partition coefficient (Wildman–Crippen LogP) is 3.29. The number of nitrogens with one attached hydrogen (secondary N) is 2. The summed E-state index contributed by atoms with van der Waals surface area (Å²) in [6.45, 7) is 1.98. The van der Waals surface area contributed by atoms with Gasteiger partial charge in [0.2, 0.25) is 0 Å². The monoisotopic (exact) mass is 401 g/mol. The standard InChI is InChI=1S/C19H20BrN3O2/c1-13(9-16-11-21-12-22-16)23-19(25,14-5-3-2-4-6-14)17-8-7-15(20)10-18(17)24/h2-8,10-13,23-25H,9H2,1H3,(H,21,22)/t13-,19?/m1/s1. The Labute approximate surface area is 154 Å². The van der Waals surface area contributed by atoms with Crippen molar-refractivity contribution in [2.24, 2.45) is 0 Å². The minimum absolute atomic E-state index is 0.0157. The van der Waals surface area contributed by atoms with Crippen molar-refractivity contribution in [2.75, 3.05) is 0 Å². The third kappa shape index (κ3) is 3.92. The van der Waals surface area contributed by atoms with Gasteiger partial charge in [-0.15, -0.1) is 0 Å². The summed E-state index contributed by atoms with van der Waals surface area (Å²) < 4.78 is 0.745. The van der Waals surface area contributed by atoms with Crippen LogP contribution in [0.3, 0.4) is 0 Å². The van der Waals surface area contributed by atoms with Crippen molar-refractivity contribution < 1.29 is 10.2 Å². The topological polar surface area (TPSA) is 81.2 Å². The first-order valence-corrected chi connectivity index (χ1v) is 8.80. The first-order valence-electron chi connectivity index (χ1n) is 8.01. The van der Waals surface area contributed by atoms with Crippen LogP contribution in [0.1, 0.15) is 23.7 Å². The predicted molar refractivity (Wildman–Crippen MR) is 100 cm³/mol. The molecule has 0 fully saturated rings. The zero-order valence-electron chi connectivity index (χ0n) is 13.8. The maximum atomic E-state index is 11.5. The van der Waals surface area contributed by atoms with Crippen LogP contribution in [-0.4, -0.2) is 26.2 Å². The van der Waals surface area contributed by atoms with Crippen LogP contribution in [0.4, 0.5) is 0 Å². The molecule has 0 amide bonds. The van der Waals surface area contributed by atoms with E-state index in [1.807, 2.05) is 37.3 Å². The van der Waals surface area contributed by atoms with Crippen LogP contribution < -0.4 is 5.32 Å². The van der Waals surface area contributed by atoms with Gasteiger partial charge in [-0.1, -0.05) is 46.3 Å². The third-order valence-electron chi connectivity index (χ3n) is 4.08. The SMILES string of the molecule is C[C@H](Cc1cnc[nH]1)NC(O)(c1ccccc1)c1ccc(Br)cc1O. The Morgan fingerprint density at radius 2 is 2.00 bits per heavy atom. The molecule has 0 aliphatic carbocycles. The Morgan fingerprint density at radius 3 is 2.64 bits per heavy atom. The molecule has 0 aliphatic rings. The first kappa shape index (κ1) is 17.7. The van der Waals surface area contributed by atoms with Gasteiger partial charge in [0.05, 0.1) is 6.33 Å². The summed E-state index contributed by atoms with van der Waals surface area (Å²) in [5, 5.41) is 25.2. The Morgan fingerprint density at radius 1 is 1.24 bits per heavy atom. The Bertz CT molecular complexity index is 824. The molecule has 1 aromatic heterocycles. The molecule has 0 radical (unpaired) electrons. The number of hydrogen-bond donors (Lipinski definition) is 4. The van der Waals surface area contributed by atoms with E-state index in [-0.39, 0.29) is 11.8 Å². The summed E-state index contributed by atoms with van der Waals surface area (Å²) in [4.78, 5) is 7.08. The van der Waals surface area contributed by atoms with Gasteiger partial charge in [-0.25, -0.2) is 4.98 Å². The fraction of sp³-hybridized carbons (Fsp3) is 0.211. The number of phenolic OH excluding ortho intramolecular Hbond substituents is 1.